The number of carbonyl (C=O) groups excluding carboxylic acids is 1. The molecule has 2 saturated heterocycles. The third kappa shape index (κ3) is 4.55. The van der Waals surface area contributed by atoms with Crippen LogP contribution < -0.4 is 0 Å². The van der Waals surface area contributed by atoms with Gasteiger partial charge in [0.05, 0.1) is 23.5 Å². The Morgan fingerprint density at radius 1 is 1.12 bits per heavy atom. The van der Waals surface area contributed by atoms with Gasteiger partial charge in [0.25, 0.3) is 5.91 Å². The third-order valence-corrected chi connectivity index (χ3v) is 6.99. The number of carbonyl (C=O) groups is 1. The molecular weight excluding hydrogens is 410 g/mol. The zero-order chi connectivity index (χ0) is 22.8. The highest BCUT2D eigenvalue weighted by Gasteiger charge is 2.26. The molecule has 0 radical (unpaired) electrons. The summed E-state index contributed by atoms with van der Waals surface area (Å²) in [7, 11) is 0. The van der Waals surface area contributed by atoms with Crippen LogP contribution in [0.4, 0.5) is 0 Å². The smallest absolute Gasteiger partial charge is 0.253 e. The fraction of sp³-hybridized carbons (Fsp3) is 0.370. The molecule has 6 nitrogen and oxygen atoms in total. The Balaban J connectivity index is 1.31. The molecule has 3 aromatic rings. The minimum atomic E-state index is 0.0984. The van der Waals surface area contributed by atoms with Crippen molar-refractivity contribution in [1.29, 1.82) is 5.26 Å². The summed E-state index contributed by atoms with van der Waals surface area (Å²) in [6.07, 6.45) is 5.00. The van der Waals surface area contributed by atoms with E-state index in [0.29, 0.717) is 11.5 Å². The number of rotatable bonds is 5. The first-order valence-electron chi connectivity index (χ1n) is 11.8. The number of benzene rings is 2. The summed E-state index contributed by atoms with van der Waals surface area (Å²) in [5.74, 6) is 1.41. The van der Waals surface area contributed by atoms with E-state index in [0.717, 1.165) is 68.2 Å². The fourth-order valence-corrected chi connectivity index (χ4v) is 4.86. The summed E-state index contributed by atoms with van der Waals surface area (Å²) in [4.78, 5) is 25.5. The van der Waals surface area contributed by atoms with E-state index < -0.39 is 0 Å². The highest BCUT2D eigenvalue weighted by atomic mass is 16.2. The van der Waals surface area contributed by atoms with E-state index in [2.05, 4.69) is 39.1 Å². The van der Waals surface area contributed by atoms with Crippen molar-refractivity contribution in [2.24, 2.45) is 0 Å². The number of aromatic nitrogens is 2. The minimum Gasteiger partial charge on any atom is -0.342 e. The molecule has 2 aliphatic heterocycles. The molecule has 3 heterocycles. The Kier molecular flexibility index (Phi) is 5.97. The number of piperidine rings is 1. The zero-order valence-electron chi connectivity index (χ0n) is 19.1. The van der Waals surface area contributed by atoms with Gasteiger partial charge in [-0.1, -0.05) is 18.2 Å². The molecule has 0 bridgehead atoms. The number of hydrogen-bond donors (Lipinski definition) is 1. The fourth-order valence-electron chi connectivity index (χ4n) is 4.86. The molecule has 1 aromatic heterocycles. The molecule has 168 valence electrons. The van der Waals surface area contributed by atoms with Crippen LogP contribution in [-0.2, 0) is 6.54 Å². The minimum absolute atomic E-state index is 0.0984. The zero-order valence-corrected chi connectivity index (χ0v) is 19.1. The molecule has 0 spiro atoms. The molecule has 0 saturated carbocycles. The summed E-state index contributed by atoms with van der Waals surface area (Å²) in [6, 6.07) is 16.2. The van der Waals surface area contributed by atoms with Gasteiger partial charge in [-0.05, 0) is 80.6 Å². The number of nitrogens with one attached hydrogen (secondary N) is 1. The van der Waals surface area contributed by atoms with Crippen LogP contribution in [0.3, 0.4) is 0 Å². The number of aromatic amines is 1. The normalized spacial score (nSPS) is 16.9. The van der Waals surface area contributed by atoms with Crippen molar-refractivity contribution in [1.82, 2.24) is 19.8 Å². The first-order valence-corrected chi connectivity index (χ1v) is 11.8. The van der Waals surface area contributed by atoms with Gasteiger partial charge in [-0.2, -0.15) is 5.26 Å². The number of hydrogen-bond acceptors (Lipinski definition) is 4. The topological polar surface area (TPSA) is 76.0 Å². The van der Waals surface area contributed by atoms with E-state index in [4.69, 9.17) is 5.26 Å². The van der Waals surface area contributed by atoms with Crippen LogP contribution in [0.25, 0.3) is 11.3 Å². The molecule has 5 rings (SSSR count). The molecule has 0 atom stereocenters. The summed E-state index contributed by atoms with van der Waals surface area (Å²) >= 11 is 0. The Morgan fingerprint density at radius 3 is 2.48 bits per heavy atom. The first kappa shape index (κ1) is 21.4. The molecule has 2 aliphatic rings. The molecule has 0 unspecified atom stereocenters. The number of nitrogens with zero attached hydrogens (tertiary/aromatic N) is 4. The second-order valence-electron chi connectivity index (χ2n) is 9.18. The number of imidazole rings is 1. The lowest BCUT2D eigenvalue weighted by molar-refractivity contribution is 0.0713. The third-order valence-electron chi connectivity index (χ3n) is 6.99. The molecule has 2 aromatic carbocycles. The van der Waals surface area contributed by atoms with E-state index in [1.807, 2.05) is 42.3 Å². The van der Waals surface area contributed by atoms with Gasteiger partial charge in [0, 0.05) is 30.8 Å². The van der Waals surface area contributed by atoms with Crippen molar-refractivity contribution in [3.8, 4) is 17.3 Å². The predicted octanol–water partition coefficient (Wildman–Crippen LogP) is 4.48. The standard InChI is InChI=1S/C27H29N5O/c1-19-29-17-26(30-19)25-15-23(7-8-24(25)18-31-11-2-12-31)27(33)32-13-9-22(10-14-32)21-5-3-20(16-28)4-6-21/h3-8,15,17,22H,2,9-14,18H2,1H3,(H,29,30). The average molecular weight is 440 g/mol. The lowest BCUT2D eigenvalue weighted by Crippen LogP contribution is -2.38. The average Bonchev–Trinajstić information content (AvgIpc) is 3.27. The largest absolute Gasteiger partial charge is 0.342 e. The van der Waals surface area contributed by atoms with Crippen LogP contribution in [0.15, 0.2) is 48.7 Å². The molecule has 33 heavy (non-hydrogen) atoms. The SMILES string of the molecule is Cc1ncc(-c2cc(C(=O)N3CCC(c4ccc(C#N)cc4)CC3)ccc2CN2CCC2)[nH]1. The molecule has 6 heteroatoms. The van der Waals surface area contributed by atoms with Gasteiger partial charge in [-0.25, -0.2) is 4.98 Å². The van der Waals surface area contributed by atoms with Crippen molar-refractivity contribution in [3.05, 3.63) is 76.7 Å². The van der Waals surface area contributed by atoms with E-state index >= 15 is 0 Å². The summed E-state index contributed by atoms with van der Waals surface area (Å²) in [5, 5.41) is 9.01. The van der Waals surface area contributed by atoms with Crippen LogP contribution >= 0.6 is 0 Å². The van der Waals surface area contributed by atoms with Crippen molar-refractivity contribution in [2.75, 3.05) is 26.2 Å². The van der Waals surface area contributed by atoms with E-state index in [9.17, 15) is 4.79 Å². The van der Waals surface area contributed by atoms with Crippen LogP contribution in [0.5, 0.6) is 0 Å². The van der Waals surface area contributed by atoms with Crippen LogP contribution in [0.2, 0.25) is 0 Å². The Labute approximate surface area is 194 Å². The van der Waals surface area contributed by atoms with Gasteiger partial charge in [0.1, 0.15) is 5.82 Å². The van der Waals surface area contributed by atoms with Crippen molar-refractivity contribution in [3.63, 3.8) is 0 Å². The summed E-state index contributed by atoms with van der Waals surface area (Å²) in [6.45, 7) is 6.62. The second-order valence-corrected chi connectivity index (χ2v) is 9.18. The maximum Gasteiger partial charge on any atom is 0.253 e. The van der Waals surface area contributed by atoms with Gasteiger partial charge >= 0.3 is 0 Å². The molecule has 1 amide bonds. The Hall–Kier alpha value is -3.43. The van der Waals surface area contributed by atoms with Crippen molar-refractivity contribution >= 4 is 5.91 Å². The van der Waals surface area contributed by atoms with Crippen molar-refractivity contribution in [2.45, 2.75) is 38.6 Å². The number of nitriles is 1. The van der Waals surface area contributed by atoms with Gasteiger partial charge in [-0.3, -0.25) is 9.69 Å². The highest BCUT2D eigenvalue weighted by Crippen LogP contribution is 2.30. The van der Waals surface area contributed by atoms with E-state index in [-0.39, 0.29) is 5.91 Å². The number of amides is 1. The van der Waals surface area contributed by atoms with Gasteiger partial charge in [0.15, 0.2) is 0 Å². The molecule has 2 fully saturated rings. The lowest BCUT2D eigenvalue weighted by Gasteiger charge is -2.33. The number of likely N-dealkylation sites (tertiary alicyclic amines) is 2. The van der Waals surface area contributed by atoms with Gasteiger partial charge < -0.3 is 9.88 Å². The van der Waals surface area contributed by atoms with Gasteiger partial charge in [0.2, 0.25) is 0 Å². The predicted molar refractivity (Wildman–Crippen MR) is 128 cm³/mol. The lowest BCUT2D eigenvalue weighted by atomic mass is 9.88. The maximum atomic E-state index is 13.4. The Bertz CT molecular complexity index is 1180. The van der Waals surface area contributed by atoms with Crippen LogP contribution in [0, 0.1) is 18.3 Å². The van der Waals surface area contributed by atoms with Crippen LogP contribution in [0.1, 0.15) is 58.1 Å². The number of aryl methyl sites for hydroxylation is 1. The second kappa shape index (κ2) is 9.21. The monoisotopic (exact) mass is 439 g/mol. The van der Waals surface area contributed by atoms with Crippen molar-refractivity contribution < 1.29 is 4.79 Å². The molecule has 0 aliphatic carbocycles. The van der Waals surface area contributed by atoms with Crippen LogP contribution in [-0.4, -0.2) is 51.9 Å². The van der Waals surface area contributed by atoms with Gasteiger partial charge in [-0.15, -0.1) is 0 Å². The summed E-state index contributed by atoms with van der Waals surface area (Å²) < 4.78 is 0. The summed E-state index contributed by atoms with van der Waals surface area (Å²) in [5.41, 5.74) is 5.95. The Morgan fingerprint density at radius 2 is 1.88 bits per heavy atom. The first-order chi connectivity index (χ1) is 16.1. The molecular formula is C27H29N5O. The van der Waals surface area contributed by atoms with E-state index in [1.165, 1.54) is 17.5 Å². The maximum absolute atomic E-state index is 13.4. The van der Waals surface area contributed by atoms with E-state index in [1.54, 1.807) is 0 Å². The highest BCUT2D eigenvalue weighted by molar-refractivity contribution is 5.95. The number of H-pyrrole nitrogens is 1. The quantitative estimate of drug-likeness (QED) is 0.636. The molecule has 1 N–H and O–H groups in total.